The molecule has 0 aliphatic heterocycles. The molecular weight excluding hydrogens is 310 g/mol. The van der Waals surface area contributed by atoms with E-state index in [9.17, 15) is 8.42 Å². The number of hydrogen-bond donors (Lipinski definition) is 2. The van der Waals surface area contributed by atoms with Crippen LogP contribution in [0.15, 0.2) is 29.3 Å². The van der Waals surface area contributed by atoms with Crippen LogP contribution in [0.5, 0.6) is 0 Å². The molecule has 21 heavy (non-hydrogen) atoms. The molecule has 1 atom stereocenters. The van der Waals surface area contributed by atoms with Crippen molar-refractivity contribution >= 4 is 27.4 Å². The smallest absolute Gasteiger partial charge is 0.191 e. The monoisotopic (exact) mass is 331 g/mol. The summed E-state index contributed by atoms with van der Waals surface area (Å²) < 4.78 is 22.3. The van der Waals surface area contributed by atoms with Crippen LogP contribution in [-0.2, 0) is 16.4 Å². The fraction of sp³-hybridized carbons (Fsp3) is 0.500. The zero-order valence-electron chi connectivity index (χ0n) is 12.6. The molecule has 0 aliphatic rings. The molecule has 118 valence electrons. The van der Waals surface area contributed by atoms with Gasteiger partial charge in [-0.3, -0.25) is 4.99 Å². The molecule has 1 aromatic carbocycles. The Morgan fingerprint density at radius 3 is 2.62 bits per heavy atom. The van der Waals surface area contributed by atoms with Crippen molar-refractivity contribution in [1.29, 1.82) is 0 Å². The molecule has 2 N–H and O–H groups in total. The van der Waals surface area contributed by atoms with Gasteiger partial charge in [0.15, 0.2) is 5.96 Å². The van der Waals surface area contributed by atoms with Gasteiger partial charge in [0, 0.05) is 30.9 Å². The van der Waals surface area contributed by atoms with E-state index in [1.54, 1.807) is 7.05 Å². The van der Waals surface area contributed by atoms with Crippen molar-refractivity contribution in [3.8, 4) is 0 Å². The fourth-order valence-electron chi connectivity index (χ4n) is 1.71. The van der Waals surface area contributed by atoms with Crippen LogP contribution in [0.4, 0.5) is 0 Å². The molecular formula is C14H22ClN3O2S. The van der Waals surface area contributed by atoms with Crippen molar-refractivity contribution in [1.82, 2.24) is 10.6 Å². The Bertz CT molecular complexity index is 588. The molecule has 0 radical (unpaired) electrons. The standard InChI is InChI=1S/C14H22ClN3O2S/c1-11(8-9-21(3,19)20)18-14(16-2)17-10-12-6-4-5-7-13(12)15/h4-7,11H,8-10H2,1-3H3,(H2,16,17,18). The maximum atomic E-state index is 11.2. The first kappa shape index (κ1) is 17.8. The maximum absolute atomic E-state index is 11.2. The average molecular weight is 332 g/mol. The highest BCUT2D eigenvalue weighted by atomic mass is 35.5. The van der Waals surface area contributed by atoms with E-state index in [1.807, 2.05) is 31.2 Å². The maximum Gasteiger partial charge on any atom is 0.191 e. The minimum atomic E-state index is -2.94. The van der Waals surface area contributed by atoms with Gasteiger partial charge in [-0.2, -0.15) is 0 Å². The van der Waals surface area contributed by atoms with Crippen molar-refractivity contribution in [2.45, 2.75) is 25.9 Å². The predicted molar refractivity (Wildman–Crippen MR) is 88.6 cm³/mol. The highest BCUT2D eigenvalue weighted by molar-refractivity contribution is 7.90. The first-order chi connectivity index (χ1) is 9.81. The van der Waals surface area contributed by atoms with Crippen molar-refractivity contribution in [3.05, 3.63) is 34.9 Å². The molecule has 7 heteroatoms. The molecule has 0 spiro atoms. The van der Waals surface area contributed by atoms with Crippen LogP contribution in [0.25, 0.3) is 0 Å². The molecule has 1 rings (SSSR count). The lowest BCUT2D eigenvalue weighted by molar-refractivity contribution is 0.581. The molecule has 5 nitrogen and oxygen atoms in total. The second-order valence-electron chi connectivity index (χ2n) is 4.98. The van der Waals surface area contributed by atoms with Crippen LogP contribution in [0.3, 0.4) is 0 Å². The van der Waals surface area contributed by atoms with E-state index in [4.69, 9.17) is 11.6 Å². The van der Waals surface area contributed by atoms with E-state index >= 15 is 0 Å². The van der Waals surface area contributed by atoms with Crippen molar-refractivity contribution in [3.63, 3.8) is 0 Å². The van der Waals surface area contributed by atoms with Crippen LogP contribution >= 0.6 is 11.6 Å². The van der Waals surface area contributed by atoms with Gasteiger partial charge < -0.3 is 10.6 Å². The first-order valence-corrected chi connectivity index (χ1v) is 9.14. The van der Waals surface area contributed by atoms with Gasteiger partial charge in [-0.15, -0.1) is 0 Å². The molecule has 0 bridgehead atoms. The molecule has 1 unspecified atom stereocenters. The van der Waals surface area contributed by atoms with Gasteiger partial charge in [0.1, 0.15) is 9.84 Å². The lowest BCUT2D eigenvalue weighted by atomic mass is 10.2. The Morgan fingerprint density at radius 1 is 1.38 bits per heavy atom. The van der Waals surface area contributed by atoms with Gasteiger partial charge in [0.25, 0.3) is 0 Å². The Morgan fingerprint density at radius 2 is 2.05 bits per heavy atom. The topological polar surface area (TPSA) is 70.6 Å². The van der Waals surface area contributed by atoms with E-state index in [1.165, 1.54) is 6.26 Å². The van der Waals surface area contributed by atoms with Crippen LogP contribution in [0.2, 0.25) is 5.02 Å². The average Bonchev–Trinajstić information content (AvgIpc) is 2.42. The van der Waals surface area contributed by atoms with Gasteiger partial charge >= 0.3 is 0 Å². The zero-order valence-corrected chi connectivity index (χ0v) is 14.1. The van der Waals surface area contributed by atoms with Crippen LogP contribution in [-0.4, -0.2) is 39.5 Å². The normalized spacial score (nSPS) is 13.8. The first-order valence-electron chi connectivity index (χ1n) is 6.70. The van der Waals surface area contributed by atoms with Gasteiger partial charge in [-0.25, -0.2) is 8.42 Å². The SMILES string of the molecule is CN=C(NCc1ccccc1Cl)NC(C)CCS(C)(=O)=O. The quantitative estimate of drug-likeness (QED) is 0.616. The highest BCUT2D eigenvalue weighted by Crippen LogP contribution is 2.14. The Kier molecular flexibility index (Phi) is 6.98. The minimum absolute atomic E-state index is 0.0113. The number of aliphatic imine (C=N–C) groups is 1. The van der Waals surface area contributed by atoms with Gasteiger partial charge in [0.05, 0.1) is 5.75 Å². The second-order valence-corrected chi connectivity index (χ2v) is 7.65. The summed E-state index contributed by atoms with van der Waals surface area (Å²) in [7, 11) is -1.27. The van der Waals surface area contributed by atoms with Crippen molar-refractivity contribution < 1.29 is 8.42 Å². The third-order valence-electron chi connectivity index (χ3n) is 2.93. The van der Waals surface area contributed by atoms with Crippen LogP contribution < -0.4 is 10.6 Å². The highest BCUT2D eigenvalue weighted by Gasteiger charge is 2.09. The minimum Gasteiger partial charge on any atom is -0.354 e. The Labute approximate surface area is 131 Å². The number of nitrogens with one attached hydrogen (secondary N) is 2. The lowest BCUT2D eigenvalue weighted by Crippen LogP contribution is -2.42. The van der Waals surface area contributed by atoms with E-state index in [2.05, 4.69) is 15.6 Å². The summed E-state index contributed by atoms with van der Waals surface area (Å²) >= 11 is 6.09. The number of sulfone groups is 1. The van der Waals surface area contributed by atoms with E-state index in [0.717, 1.165) is 5.56 Å². The van der Waals surface area contributed by atoms with E-state index in [0.29, 0.717) is 23.9 Å². The number of nitrogens with zero attached hydrogens (tertiary/aromatic N) is 1. The predicted octanol–water partition coefficient (Wildman–Crippen LogP) is 1.83. The largest absolute Gasteiger partial charge is 0.354 e. The van der Waals surface area contributed by atoms with Crippen LogP contribution in [0, 0.1) is 0 Å². The van der Waals surface area contributed by atoms with Crippen molar-refractivity contribution in [2.75, 3.05) is 19.1 Å². The second kappa shape index (κ2) is 8.24. The molecule has 0 amide bonds. The van der Waals surface area contributed by atoms with E-state index in [-0.39, 0.29) is 11.8 Å². The van der Waals surface area contributed by atoms with E-state index < -0.39 is 9.84 Å². The Balaban J connectivity index is 2.47. The molecule has 0 aromatic heterocycles. The number of hydrogen-bond acceptors (Lipinski definition) is 3. The number of guanidine groups is 1. The lowest BCUT2D eigenvalue weighted by Gasteiger charge is -2.18. The third-order valence-corrected chi connectivity index (χ3v) is 4.28. The number of halogens is 1. The molecule has 1 aromatic rings. The summed E-state index contributed by atoms with van der Waals surface area (Å²) in [5.41, 5.74) is 0.978. The molecule has 0 fully saturated rings. The van der Waals surface area contributed by atoms with Crippen LogP contribution in [0.1, 0.15) is 18.9 Å². The molecule has 0 saturated carbocycles. The molecule has 0 aliphatic carbocycles. The van der Waals surface area contributed by atoms with Crippen molar-refractivity contribution in [2.24, 2.45) is 4.99 Å². The van der Waals surface area contributed by atoms with Gasteiger partial charge in [-0.1, -0.05) is 29.8 Å². The van der Waals surface area contributed by atoms with Gasteiger partial charge in [0.2, 0.25) is 0 Å². The summed E-state index contributed by atoms with van der Waals surface area (Å²) in [6.45, 7) is 2.48. The summed E-state index contributed by atoms with van der Waals surface area (Å²) in [6.07, 6.45) is 1.77. The Hall–Kier alpha value is -1.27. The number of benzene rings is 1. The molecule has 0 saturated heterocycles. The number of rotatable bonds is 6. The summed E-state index contributed by atoms with van der Waals surface area (Å²) in [5.74, 6) is 0.777. The fourth-order valence-corrected chi connectivity index (χ4v) is 2.70. The third kappa shape index (κ3) is 7.34. The molecule has 0 heterocycles. The summed E-state index contributed by atoms with van der Waals surface area (Å²) in [6, 6.07) is 7.59. The van der Waals surface area contributed by atoms with Gasteiger partial charge in [-0.05, 0) is 25.0 Å². The zero-order chi connectivity index (χ0) is 15.9. The summed E-state index contributed by atoms with van der Waals surface area (Å²) in [4.78, 5) is 4.12. The summed E-state index contributed by atoms with van der Waals surface area (Å²) in [5, 5.41) is 7.02.